The summed E-state index contributed by atoms with van der Waals surface area (Å²) in [5, 5.41) is -0.567. The lowest BCUT2D eigenvalue weighted by molar-refractivity contribution is 0.108. The van der Waals surface area contributed by atoms with Crippen LogP contribution < -0.4 is 0 Å². The molecule has 0 radical (unpaired) electrons. The van der Waals surface area contributed by atoms with Crippen molar-refractivity contribution < 1.29 is 4.79 Å². The molecule has 0 aliphatic carbocycles. The summed E-state index contributed by atoms with van der Waals surface area (Å²) in [6.07, 6.45) is 4.41. The highest BCUT2D eigenvalue weighted by Crippen LogP contribution is 2.10. The van der Waals surface area contributed by atoms with Gasteiger partial charge < -0.3 is 0 Å². The predicted octanol–water partition coefficient (Wildman–Crippen LogP) is 1.92. The second-order valence-corrected chi connectivity index (χ2v) is 3.13. The van der Waals surface area contributed by atoms with E-state index < -0.39 is 5.24 Å². The highest BCUT2D eigenvalue weighted by Gasteiger charge is 2.05. The van der Waals surface area contributed by atoms with Crippen molar-refractivity contribution in [3.05, 3.63) is 42.4 Å². The smallest absolute Gasteiger partial charge is 0.255 e. The number of carbonyl (C=O) groups is 1. The molecule has 0 N–H and O–H groups in total. The Morgan fingerprint density at radius 1 is 1.13 bits per heavy atom. The Bertz CT molecular complexity index is 470. The lowest BCUT2D eigenvalue weighted by Crippen LogP contribution is -1.95. The molecule has 0 fully saturated rings. The average molecular weight is 220 g/mol. The maximum atomic E-state index is 10.8. The van der Waals surface area contributed by atoms with Gasteiger partial charge in [-0.05, 0) is 23.7 Å². The summed E-state index contributed by atoms with van der Waals surface area (Å²) in [7, 11) is 0. The molecular formula is C10H6ClN3O. The molecule has 2 aromatic heterocycles. The Labute approximate surface area is 91.0 Å². The molecule has 0 aliphatic rings. The van der Waals surface area contributed by atoms with Crippen LogP contribution in [0.5, 0.6) is 0 Å². The monoisotopic (exact) mass is 219 g/mol. The van der Waals surface area contributed by atoms with E-state index in [1.54, 1.807) is 18.3 Å². The van der Waals surface area contributed by atoms with Crippen molar-refractivity contribution in [2.75, 3.05) is 0 Å². The van der Waals surface area contributed by atoms with E-state index >= 15 is 0 Å². The quantitative estimate of drug-likeness (QED) is 0.724. The number of aromatic nitrogens is 3. The van der Waals surface area contributed by atoms with E-state index in [-0.39, 0.29) is 5.56 Å². The second-order valence-electron chi connectivity index (χ2n) is 2.78. The summed E-state index contributed by atoms with van der Waals surface area (Å²) < 4.78 is 0. The minimum absolute atomic E-state index is 0.274. The van der Waals surface area contributed by atoms with Gasteiger partial charge in [-0.2, -0.15) is 0 Å². The first kappa shape index (κ1) is 9.73. The van der Waals surface area contributed by atoms with Crippen molar-refractivity contribution in [3.63, 3.8) is 0 Å². The molecule has 0 atom stereocenters. The molecule has 2 rings (SSSR count). The van der Waals surface area contributed by atoms with Gasteiger partial charge in [-0.15, -0.1) is 0 Å². The number of hydrogen-bond acceptors (Lipinski definition) is 4. The van der Waals surface area contributed by atoms with Gasteiger partial charge >= 0.3 is 0 Å². The van der Waals surface area contributed by atoms with E-state index in [1.165, 1.54) is 12.4 Å². The first-order valence-electron chi connectivity index (χ1n) is 4.20. The van der Waals surface area contributed by atoms with Gasteiger partial charge in [-0.1, -0.05) is 6.07 Å². The molecule has 0 unspecified atom stereocenters. The summed E-state index contributed by atoms with van der Waals surface area (Å²) in [6, 6.07) is 5.43. The third-order valence-corrected chi connectivity index (χ3v) is 1.99. The van der Waals surface area contributed by atoms with E-state index in [0.29, 0.717) is 11.5 Å². The van der Waals surface area contributed by atoms with Crippen LogP contribution in [0.2, 0.25) is 0 Å². The van der Waals surface area contributed by atoms with Crippen LogP contribution in [0.3, 0.4) is 0 Å². The summed E-state index contributed by atoms with van der Waals surface area (Å²) in [5.74, 6) is 0.470. The molecule has 0 saturated carbocycles. The SMILES string of the molecule is O=C(Cl)c1cnc(-c2ccccn2)nc1. The second kappa shape index (κ2) is 4.14. The molecule has 74 valence electrons. The van der Waals surface area contributed by atoms with Crippen molar-refractivity contribution in [2.24, 2.45) is 0 Å². The minimum Gasteiger partial charge on any atom is -0.275 e. The van der Waals surface area contributed by atoms with Crippen LogP contribution in [0.1, 0.15) is 10.4 Å². The molecule has 0 aromatic carbocycles. The molecule has 0 spiro atoms. The lowest BCUT2D eigenvalue weighted by Gasteiger charge is -1.98. The van der Waals surface area contributed by atoms with Crippen LogP contribution in [0.4, 0.5) is 0 Å². The van der Waals surface area contributed by atoms with Gasteiger partial charge in [0, 0.05) is 18.6 Å². The summed E-state index contributed by atoms with van der Waals surface area (Å²) in [5.41, 5.74) is 0.933. The van der Waals surface area contributed by atoms with E-state index in [9.17, 15) is 4.79 Å². The molecule has 5 heteroatoms. The molecule has 0 aliphatic heterocycles. The van der Waals surface area contributed by atoms with E-state index in [0.717, 1.165) is 0 Å². The number of nitrogens with zero attached hydrogens (tertiary/aromatic N) is 3. The predicted molar refractivity (Wildman–Crippen MR) is 55.4 cm³/mol. The molecule has 4 nitrogen and oxygen atoms in total. The Morgan fingerprint density at radius 2 is 1.87 bits per heavy atom. The van der Waals surface area contributed by atoms with Gasteiger partial charge in [-0.3, -0.25) is 9.78 Å². The number of pyridine rings is 1. The molecule has 0 bridgehead atoms. The fraction of sp³-hybridized carbons (Fsp3) is 0. The maximum Gasteiger partial charge on any atom is 0.255 e. The third kappa shape index (κ3) is 2.16. The van der Waals surface area contributed by atoms with Crippen LogP contribution in [0.15, 0.2) is 36.8 Å². The molecule has 0 saturated heterocycles. The highest BCUT2D eigenvalue weighted by atomic mass is 35.5. The van der Waals surface area contributed by atoms with Gasteiger partial charge in [0.1, 0.15) is 5.69 Å². The molecule has 15 heavy (non-hydrogen) atoms. The Balaban J connectivity index is 2.36. The van der Waals surface area contributed by atoms with Crippen molar-refractivity contribution >= 4 is 16.8 Å². The Kier molecular flexibility index (Phi) is 2.69. The van der Waals surface area contributed by atoms with Crippen LogP contribution in [0.25, 0.3) is 11.5 Å². The maximum absolute atomic E-state index is 10.8. The van der Waals surface area contributed by atoms with Crippen molar-refractivity contribution in [2.45, 2.75) is 0 Å². The molecule has 2 heterocycles. The van der Waals surface area contributed by atoms with E-state index in [4.69, 9.17) is 11.6 Å². The van der Waals surface area contributed by atoms with Crippen molar-refractivity contribution in [3.8, 4) is 11.5 Å². The van der Waals surface area contributed by atoms with Crippen molar-refractivity contribution in [1.82, 2.24) is 15.0 Å². The lowest BCUT2D eigenvalue weighted by atomic mass is 10.3. The van der Waals surface area contributed by atoms with Crippen LogP contribution in [-0.2, 0) is 0 Å². The largest absolute Gasteiger partial charge is 0.275 e. The third-order valence-electron chi connectivity index (χ3n) is 1.77. The summed E-state index contributed by atoms with van der Waals surface area (Å²) in [6.45, 7) is 0. The van der Waals surface area contributed by atoms with Crippen molar-refractivity contribution in [1.29, 1.82) is 0 Å². The van der Waals surface area contributed by atoms with E-state index in [1.807, 2.05) is 6.07 Å². The Hall–Kier alpha value is -1.81. The Morgan fingerprint density at radius 3 is 2.40 bits per heavy atom. The van der Waals surface area contributed by atoms with Gasteiger partial charge in [-0.25, -0.2) is 9.97 Å². The highest BCUT2D eigenvalue weighted by molar-refractivity contribution is 6.67. The van der Waals surface area contributed by atoms with Crippen LogP contribution in [-0.4, -0.2) is 20.2 Å². The average Bonchev–Trinajstić information content (AvgIpc) is 2.30. The molecular weight excluding hydrogens is 214 g/mol. The zero-order chi connectivity index (χ0) is 10.7. The summed E-state index contributed by atoms with van der Waals surface area (Å²) in [4.78, 5) is 22.8. The van der Waals surface area contributed by atoms with Crippen LogP contribution in [0, 0.1) is 0 Å². The molecule has 0 amide bonds. The molecule has 2 aromatic rings. The van der Waals surface area contributed by atoms with Gasteiger partial charge in [0.15, 0.2) is 5.82 Å². The topological polar surface area (TPSA) is 55.7 Å². The normalized spacial score (nSPS) is 9.93. The van der Waals surface area contributed by atoms with E-state index in [2.05, 4.69) is 15.0 Å². The number of carbonyl (C=O) groups excluding carboxylic acids is 1. The minimum atomic E-state index is -0.567. The van der Waals surface area contributed by atoms with Crippen LogP contribution >= 0.6 is 11.6 Å². The first-order chi connectivity index (χ1) is 7.27. The van der Waals surface area contributed by atoms with Gasteiger partial charge in [0.2, 0.25) is 0 Å². The zero-order valence-electron chi connectivity index (χ0n) is 7.59. The van der Waals surface area contributed by atoms with Gasteiger partial charge in [0.05, 0.1) is 5.56 Å². The number of halogens is 1. The summed E-state index contributed by atoms with van der Waals surface area (Å²) >= 11 is 5.27. The standard InChI is InChI=1S/C10H6ClN3O/c11-9(15)7-5-13-10(14-6-7)8-3-1-2-4-12-8/h1-6H. The van der Waals surface area contributed by atoms with Gasteiger partial charge in [0.25, 0.3) is 5.24 Å². The fourth-order valence-electron chi connectivity index (χ4n) is 1.06. The zero-order valence-corrected chi connectivity index (χ0v) is 8.35. The number of hydrogen-bond donors (Lipinski definition) is 0. The number of rotatable bonds is 2. The first-order valence-corrected chi connectivity index (χ1v) is 4.58. The fourth-order valence-corrected chi connectivity index (χ4v) is 1.15.